The molecule has 1 unspecified atom stereocenters. The standard InChI is InChI=1S/C20H28NO/c1-17(22)16-21(2,3)15-14-20(18-10-6-4-7-11-18)19-12-8-5-9-13-19/h4-13,17,20,22H,14-16H2,1-3H3/q+1. The summed E-state index contributed by atoms with van der Waals surface area (Å²) in [5.41, 5.74) is 2.73. The van der Waals surface area contributed by atoms with Gasteiger partial charge in [0.05, 0.1) is 20.6 Å². The highest BCUT2D eigenvalue weighted by atomic mass is 16.3. The van der Waals surface area contributed by atoms with Crippen molar-refractivity contribution in [3.05, 3.63) is 71.8 Å². The van der Waals surface area contributed by atoms with Gasteiger partial charge in [0.25, 0.3) is 0 Å². The molecule has 118 valence electrons. The average Bonchev–Trinajstić information content (AvgIpc) is 2.48. The third-order valence-electron chi connectivity index (χ3n) is 4.19. The normalized spacial score (nSPS) is 13.3. The zero-order valence-corrected chi connectivity index (χ0v) is 13.9. The molecule has 0 aliphatic carbocycles. The number of aliphatic hydroxyl groups excluding tert-OH is 1. The third kappa shape index (κ3) is 4.97. The SMILES string of the molecule is CC(O)C[N+](C)(C)CCC(c1ccccc1)c1ccccc1. The van der Waals surface area contributed by atoms with Crippen LogP contribution in [0.15, 0.2) is 60.7 Å². The molecule has 2 rings (SSSR count). The van der Waals surface area contributed by atoms with Crippen LogP contribution in [0, 0.1) is 0 Å². The van der Waals surface area contributed by atoms with Crippen molar-refractivity contribution in [1.29, 1.82) is 0 Å². The molecule has 0 aliphatic rings. The summed E-state index contributed by atoms with van der Waals surface area (Å²) in [5, 5.41) is 9.67. The summed E-state index contributed by atoms with van der Waals surface area (Å²) < 4.78 is 0.841. The molecule has 2 aromatic carbocycles. The van der Waals surface area contributed by atoms with Gasteiger partial charge < -0.3 is 9.59 Å². The third-order valence-corrected chi connectivity index (χ3v) is 4.19. The van der Waals surface area contributed by atoms with Crippen LogP contribution in [0.4, 0.5) is 0 Å². The maximum absolute atomic E-state index is 9.67. The van der Waals surface area contributed by atoms with Crippen molar-refractivity contribution in [2.45, 2.75) is 25.4 Å². The summed E-state index contributed by atoms with van der Waals surface area (Å²) in [4.78, 5) is 0. The van der Waals surface area contributed by atoms with E-state index in [0.29, 0.717) is 5.92 Å². The van der Waals surface area contributed by atoms with Gasteiger partial charge in [-0.2, -0.15) is 0 Å². The summed E-state index contributed by atoms with van der Waals surface area (Å²) in [7, 11) is 4.39. The molecule has 22 heavy (non-hydrogen) atoms. The van der Waals surface area contributed by atoms with Crippen molar-refractivity contribution in [2.24, 2.45) is 0 Å². The second-order valence-corrected chi connectivity index (χ2v) is 6.85. The van der Waals surface area contributed by atoms with Crippen molar-refractivity contribution >= 4 is 0 Å². The Kier molecular flexibility index (Phi) is 5.76. The lowest BCUT2D eigenvalue weighted by molar-refractivity contribution is -0.893. The van der Waals surface area contributed by atoms with Gasteiger partial charge in [-0.3, -0.25) is 0 Å². The highest BCUT2D eigenvalue weighted by molar-refractivity contribution is 5.32. The van der Waals surface area contributed by atoms with E-state index in [1.165, 1.54) is 11.1 Å². The van der Waals surface area contributed by atoms with Crippen LogP contribution in [-0.2, 0) is 0 Å². The van der Waals surface area contributed by atoms with E-state index in [4.69, 9.17) is 0 Å². The lowest BCUT2D eigenvalue weighted by Gasteiger charge is -2.32. The minimum Gasteiger partial charge on any atom is -0.388 e. The molecule has 0 spiro atoms. The van der Waals surface area contributed by atoms with E-state index in [-0.39, 0.29) is 6.10 Å². The Morgan fingerprint density at radius 1 is 0.864 bits per heavy atom. The minimum absolute atomic E-state index is 0.262. The van der Waals surface area contributed by atoms with E-state index < -0.39 is 0 Å². The number of benzene rings is 2. The molecule has 0 fully saturated rings. The maximum Gasteiger partial charge on any atom is 0.104 e. The number of hydrogen-bond acceptors (Lipinski definition) is 1. The second kappa shape index (κ2) is 7.57. The molecule has 0 heterocycles. The predicted octanol–water partition coefficient (Wildman–Crippen LogP) is 3.67. The van der Waals surface area contributed by atoms with Gasteiger partial charge in [-0.15, -0.1) is 0 Å². The van der Waals surface area contributed by atoms with Gasteiger partial charge in [0.15, 0.2) is 0 Å². The van der Waals surface area contributed by atoms with Crippen molar-refractivity contribution in [2.75, 3.05) is 27.2 Å². The van der Waals surface area contributed by atoms with Crippen LogP contribution < -0.4 is 0 Å². The molecule has 0 bridgehead atoms. The molecule has 0 saturated carbocycles. The lowest BCUT2D eigenvalue weighted by Crippen LogP contribution is -2.45. The van der Waals surface area contributed by atoms with Crippen molar-refractivity contribution < 1.29 is 9.59 Å². The fourth-order valence-corrected chi connectivity index (χ4v) is 3.18. The maximum atomic E-state index is 9.67. The van der Waals surface area contributed by atoms with Gasteiger partial charge in [-0.1, -0.05) is 60.7 Å². The Balaban J connectivity index is 2.16. The number of likely N-dealkylation sites (N-methyl/N-ethyl adjacent to an activating group) is 1. The first-order chi connectivity index (χ1) is 10.5. The average molecular weight is 298 g/mol. The Morgan fingerprint density at radius 3 is 1.73 bits per heavy atom. The highest BCUT2D eigenvalue weighted by Gasteiger charge is 2.22. The summed E-state index contributed by atoms with van der Waals surface area (Å²) >= 11 is 0. The molecule has 2 aromatic rings. The fourth-order valence-electron chi connectivity index (χ4n) is 3.18. The lowest BCUT2D eigenvalue weighted by atomic mass is 9.88. The minimum atomic E-state index is -0.262. The van der Waals surface area contributed by atoms with E-state index in [1.54, 1.807) is 0 Å². The second-order valence-electron chi connectivity index (χ2n) is 6.85. The molecule has 1 atom stereocenters. The van der Waals surface area contributed by atoms with Crippen LogP contribution in [0.3, 0.4) is 0 Å². The van der Waals surface area contributed by atoms with Crippen molar-refractivity contribution in [3.63, 3.8) is 0 Å². The van der Waals surface area contributed by atoms with Crippen LogP contribution in [-0.4, -0.2) is 42.9 Å². The van der Waals surface area contributed by atoms with Gasteiger partial charge in [0, 0.05) is 12.3 Å². The van der Waals surface area contributed by atoms with Crippen molar-refractivity contribution in [1.82, 2.24) is 0 Å². The van der Waals surface area contributed by atoms with E-state index in [9.17, 15) is 5.11 Å². The number of aliphatic hydroxyl groups is 1. The Bertz CT molecular complexity index is 509. The summed E-state index contributed by atoms with van der Waals surface area (Å²) in [6, 6.07) is 21.4. The van der Waals surface area contributed by atoms with Gasteiger partial charge in [0.2, 0.25) is 0 Å². The molecule has 0 aromatic heterocycles. The molecular weight excluding hydrogens is 270 g/mol. The number of quaternary nitrogens is 1. The monoisotopic (exact) mass is 298 g/mol. The number of rotatable bonds is 7. The number of hydrogen-bond donors (Lipinski definition) is 1. The van der Waals surface area contributed by atoms with E-state index in [2.05, 4.69) is 74.8 Å². The summed E-state index contributed by atoms with van der Waals surface area (Å²) in [5.74, 6) is 0.411. The molecule has 2 nitrogen and oxygen atoms in total. The van der Waals surface area contributed by atoms with Gasteiger partial charge >= 0.3 is 0 Å². The topological polar surface area (TPSA) is 20.2 Å². The van der Waals surface area contributed by atoms with E-state index in [1.807, 2.05) is 6.92 Å². The quantitative estimate of drug-likeness (QED) is 0.773. The Labute approximate surface area is 134 Å². The summed E-state index contributed by atoms with van der Waals surface area (Å²) in [6.45, 7) is 3.70. The zero-order chi connectivity index (χ0) is 16.0. The molecular formula is C20H28NO+. The molecule has 0 saturated heterocycles. The summed E-state index contributed by atoms with van der Waals surface area (Å²) in [6.07, 6.45) is 0.815. The van der Waals surface area contributed by atoms with Crippen molar-refractivity contribution in [3.8, 4) is 0 Å². The molecule has 0 radical (unpaired) electrons. The van der Waals surface area contributed by atoms with E-state index in [0.717, 1.165) is 24.0 Å². The Hall–Kier alpha value is -1.64. The fraction of sp³-hybridized carbons (Fsp3) is 0.400. The van der Waals surface area contributed by atoms with Gasteiger partial charge in [-0.25, -0.2) is 0 Å². The first-order valence-electron chi connectivity index (χ1n) is 8.08. The van der Waals surface area contributed by atoms with Gasteiger partial charge in [-0.05, 0) is 18.1 Å². The first kappa shape index (κ1) is 16.7. The molecule has 0 amide bonds. The molecule has 2 heteroatoms. The molecule has 0 aliphatic heterocycles. The zero-order valence-electron chi connectivity index (χ0n) is 13.9. The predicted molar refractivity (Wildman–Crippen MR) is 92.9 cm³/mol. The van der Waals surface area contributed by atoms with Crippen LogP contribution in [0.2, 0.25) is 0 Å². The smallest absolute Gasteiger partial charge is 0.104 e. The van der Waals surface area contributed by atoms with Crippen LogP contribution in [0.25, 0.3) is 0 Å². The van der Waals surface area contributed by atoms with Crippen LogP contribution in [0.5, 0.6) is 0 Å². The van der Waals surface area contributed by atoms with Crippen LogP contribution >= 0.6 is 0 Å². The Morgan fingerprint density at radius 2 is 1.32 bits per heavy atom. The highest BCUT2D eigenvalue weighted by Crippen LogP contribution is 2.28. The van der Waals surface area contributed by atoms with Crippen LogP contribution in [0.1, 0.15) is 30.4 Å². The largest absolute Gasteiger partial charge is 0.388 e. The first-order valence-corrected chi connectivity index (χ1v) is 8.08. The molecule has 1 N–H and O–H groups in total. The number of nitrogens with zero attached hydrogens (tertiary/aromatic N) is 1. The van der Waals surface area contributed by atoms with E-state index >= 15 is 0 Å². The van der Waals surface area contributed by atoms with Gasteiger partial charge in [0.1, 0.15) is 12.6 Å².